The molecule has 0 amide bonds. The summed E-state index contributed by atoms with van der Waals surface area (Å²) in [5.74, 6) is 1.53. The summed E-state index contributed by atoms with van der Waals surface area (Å²) in [7, 11) is 0. The zero-order chi connectivity index (χ0) is 14.6. The molecule has 1 aliphatic carbocycles. The second-order valence-electron chi connectivity index (χ2n) is 6.32. The number of nitrogens with one attached hydrogen (secondary N) is 1. The summed E-state index contributed by atoms with van der Waals surface area (Å²) in [4.78, 5) is 16.5. The van der Waals surface area contributed by atoms with Crippen molar-refractivity contribution in [3.63, 3.8) is 0 Å². The van der Waals surface area contributed by atoms with Crippen molar-refractivity contribution in [1.29, 1.82) is 0 Å². The summed E-state index contributed by atoms with van der Waals surface area (Å²) in [6.45, 7) is 5.66. The molecule has 112 valence electrons. The third kappa shape index (κ3) is 3.54. The highest BCUT2D eigenvalue weighted by Crippen LogP contribution is 2.38. The van der Waals surface area contributed by atoms with E-state index in [-0.39, 0.29) is 11.0 Å². The van der Waals surface area contributed by atoms with Crippen LogP contribution in [-0.2, 0) is 6.54 Å². The largest absolute Gasteiger partial charge is 0.365 e. The lowest BCUT2D eigenvalue weighted by atomic mass is 9.88. The van der Waals surface area contributed by atoms with Crippen LogP contribution < -0.4 is 10.9 Å². The predicted octanol–water partition coefficient (Wildman–Crippen LogP) is 3.11. The van der Waals surface area contributed by atoms with E-state index in [9.17, 15) is 4.79 Å². The van der Waals surface area contributed by atoms with Gasteiger partial charge in [0.15, 0.2) is 5.82 Å². The second kappa shape index (κ2) is 6.61. The van der Waals surface area contributed by atoms with Gasteiger partial charge in [0.05, 0.1) is 0 Å². The Kier molecular flexibility index (Phi) is 5.08. The van der Waals surface area contributed by atoms with Crippen molar-refractivity contribution in [3.05, 3.63) is 22.7 Å². The summed E-state index contributed by atoms with van der Waals surface area (Å²) in [6, 6.07) is 0. The molecule has 0 saturated heterocycles. The fourth-order valence-corrected chi connectivity index (χ4v) is 3.22. The molecule has 0 spiro atoms. The van der Waals surface area contributed by atoms with E-state index in [1.54, 1.807) is 17.0 Å². The fraction of sp³-hybridized carbons (Fsp3) is 0.733. The van der Waals surface area contributed by atoms with Crippen LogP contribution in [0.15, 0.2) is 17.2 Å². The molecule has 1 heterocycles. The minimum absolute atomic E-state index is 0.0380. The van der Waals surface area contributed by atoms with Crippen LogP contribution in [0.1, 0.15) is 39.5 Å². The highest BCUT2D eigenvalue weighted by atomic mass is 35.5. The third-order valence-corrected chi connectivity index (χ3v) is 4.62. The van der Waals surface area contributed by atoms with Gasteiger partial charge in [-0.3, -0.25) is 4.79 Å². The fourth-order valence-electron chi connectivity index (χ4n) is 2.86. The summed E-state index contributed by atoms with van der Waals surface area (Å²) in [6.07, 6.45) is 8.17. The zero-order valence-electron chi connectivity index (χ0n) is 12.4. The molecule has 1 aromatic rings. The van der Waals surface area contributed by atoms with Crippen molar-refractivity contribution in [1.82, 2.24) is 9.55 Å². The SMILES string of the molecule is CC(C)Cn1ccnc(NCC2(CCl)CCCC2)c1=O. The van der Waals surface area contributed by atoms with Crippen LogP contribution in [0.2, 0.25) is 0 Å². The summed E-state index contributed by atoms with van der Waals surface area (Å²) in [5, 5.41) is 3.23. The van der Waals surface area contributed by atoms with Crippen LogP contribution in [0, 0.1) is 11.3 Å². The van der Waals surface area contributed by atoms with Crippen molar-refractivity contribution >= 4 is 17.4 Å². The van der Waals surface area contributed by atoms with Crippen LogP contribution in [-0.4, -0.2) is 22.0 Å². The molecule has 1 aromatic heterocycles. The van der Waals surface area contributed by atoms with Crippen LogP contribution >= 0.6 is 11.6 Å². The Bertz CT molecular complexity index is 492. The Morgan fingerprint density at radius 2 is 2.15 bits per heavy atom. The molecule has 1 saturated carbocycles. The van der Waals surface area contributed by atoms with E-state index in [1.165, 1.54) is 12.8 Å². The quantitative estimate of drug-likeness (QED) is 0.821. The van der Waals surface area contributed by atoms with Gasteiger partial charge in [-0.2, -0.15) is 0 Å². The first-order chi connectivity index (χ1) is 9.56. The van der Waals surface area contributed by atoms with E-state index >= 15 is 0 Å². The van der Waals surface area contributed by atoms with Crippen molar-refractivity contribution in [2.75, 3.05) is 17.7 Å². The molecule has 0 bridgehead atoms. The maximum absolute atomic E-state index is 12.3. The zero-order valence-corrected chi connectivity index (χ0v) is 13.1. The lowest BCUT2D eigenvalue weighted by molar-refractivity contribution is 0.367. The highest BCUT2D eigenvalue weighted by molar-refractivity contribution is 6.18. The van der Waals surface area contributed by atoms with Gasteiger partial charge in [-0.1, -0.05) is 26.7 Å². The van der Waals surface area contributed by atoms with Gasteiger partial charge < -0.3 is 9.88 Å². The first-order valence-corrected chi connectivity index (χ1v) is 7.95. The predicted molar refractivity (Wildman–Crippen MR) is 83.4 cm³/mol. The van der Waals surface area contributed by atoms with E-state index in [0.29, 0.717) is 17.6 Å². The van der Waals surface area contributed by atoms with Crippen LogP contribution in [0.25, 0.3) is 0 Å². The minimum Gasteiger partial charge on any atom is -0.365 e. The standard InChI is InChI=1S/C15H24ClN3O/c1-12(2)9-19-8-7-17-13(14(19)20)18-11-15(10-16)5-3-4-6-15/h7-8,12H,3-6,9-11H2,1-2H3,(H,17,18). The van der Waals surface area contributed by atoms with Gasteiger partial charge in [-0.15, -0.1) is 11.6 Å². The minimum atomic E-state index is -0.0380. The molecule has 20 heavy (non-hydrogen) atoms. The van der Waals surface area contributed by atoms with Crippen LogP contribution in [0.3, 0.4) is 0 Å². The van der Waals surface area contributed by atoms with Gasteiger partial charge in [0.2, 0.25) is 0 Å². The number of halogens is 1. The lowest BCUT2D eigenvalue weighted by Crippen LogP contribution is -2.32. The van der Waals surface area contributed by atoms with Crippen LogP contribution in [0.5, 0.6) is 0 Å². The van der Waals surface area contributed by atoms with Crippen molar-refractivity contribution in [3.8, 4) is 0 Å². The molecule has 1 N–H and O–H groups in total. The van der Waals surface area contributed by atoms with Crippen molar-refractivity contribution in [2.45, 2.75) is 46.1 Å². The molecule has 0 aliphatic heterocycles. The van der Waals surface area contributed by atoms with E-state index in [1.807, 2.05) is 0 Å². The average molecular weight is 298 g/mol. The molecule has 1 aliphatic rings. The monoisotopic (exact) mass is 297 g/mol. The Morgan fingerprint density at radius 1 is 1.45 bits per heavy atom. The maximum atomic E-state index is 12.3. The number of anilines is 1. The number of nitrogens with zero attached hydrogens (tertiary/aromatic N) is 2. The maximum Gasteiger partial charge on any atom is 0.293 e. The molecule has 0 atom stereocenters. The van der Waals surface area contributed by atoms with Gasteiger partial charge in [0.25, 0.3) is 5.56 Å². The average Bonchev–Trinajstić information content (AvgIpc) is 2.89. The number of alkyl halides is 1. The van der Waals surface area contributed by atoms with Gasteiger partial charge >= 0.3 is 0 Å². The molecule has 1 fully saturated rings. The lowest BCUT2D eigenvalue weighted by Gasteiger charge is -2.26. The normalized spacial score (nSPS) is 17.6. The summed E-state index contributed by atoms with van der Waals surface area (Å²) >= 11 is 6.13. The Balaban J connectivity index is 2.08. The molecule has 0 aromatic carbocycles. The van der Waals surface area contributed by atoms with Gasteiger partial charge in [-0.25, -0.2) is 4.98 Å². The first kappa shape index (κ1) is 15.4. The Morgan fingerprint density at radius 3 is 2.75 bits per heavy atom. The van der Waals surface area contributed by atoms with E-state index < -0.39 is 0 Å². The number of rotatable bonds is 6. The van der Waals surface area contributed by atoms with Crippen molar-refractivity contribution in [2.24, 2.45) is 11.3 Å². The van der Waals surface area contributed by atoms with E-state index in [0.717, 1.165) is 25.9 Å². The molecular weight excluding hydrogens is 274 g/mol. The smallest absolute Gasteiger partial charge is 0.293 e. The van der Waals surface area contributed by atoms with Crippen molar-refractivity contribution < 1.29 is 0 Å². The molecular formula is C15H24ClN3O. The van der Waals surface area contributed by atoms with E-state index in [2.05, 4.69) is 24.1 Å². The second-order valence-corrected chi connectivity index (χ2v) is 6.59. The Labute approximate surface area is 125 Å². The van der Waals surface area contributed by atoms with E-state index in [4.69, 9.17) is 11.6 Å². The molecule has 0 unspecified atom stereocenters. The number of hydrogen-bond acceptors (Lipinski definition) is 3. The number of hydrogen-bond donors (Lipinski definition) is 1. The van der Waals surface area contributed by atoms with Gasteiger partial charge in [0.1, 0.15) is 0 Å². The Hall–Kier alpha value is -1.03. The third-order valence-electron chi connectivity index (χ3n) is 4.05. The number of aromatic nitrogens is 2. The topological polar surface area (TPSA) is 46.9 Å². The van der Waals surface area contributed by atoms with Gasteiger partial charge in [0, 0.05) is 36.8 Å². The molecule has 4 nitrogen and oxygen atoms in total. The highest BCUT2D eigenvalue weighted by Gasteiger charge is 2.33. The summed E-state index contributed by atoms with van der Waals surface area (Å²) < 4.78 is 1.72. The van der Waals surface area contributed by atoms with Gasteiger partial charge in [-0.05, 0) is 18.8 Å². The first-order valence-electron chi connectivity index (χ1n) is 7.42. The summed E-state index contributed by atoms with van der Waals surface area (Å²) in [5.41, 5.74) is 0.0953. The molecule has 0 radical (unpaired) electrons. The van der Waals surface area contributed by atoms with Crippen LogP contribution in [0.4, 0.5) is 5.82 Å². The molecule has 5 heteroatoms. The molecule has 2 rings (SSSR count).